The maximum Gasteiger partial charge on any atom is 0.251 e. The molecule has 66 valence electrons. The van der Waals surface area contributed by atoms with Crippen molar-refractivity contribution in [1.82, 2.24) is 0 Å². The largest absolute Gasteiger partial charge is 0.305 e. The molecule has 0 aromatic heterocycles. The quantitative estimate of drug-likeness (QED) is 0.635. The van der Waals surface area contributed by atoms with E-state index in [1.807, 2.05) is 37.3 Å². The molecule has 13 heavy (non-hydrogen) atoms. The van der Waals surface area contributed by atoms with E-state index in [-0.39, 0.29) is 5.91 Å². The Kier molecular flexibility index (Phi) is 1.89. The van der Waals surface area contributed by atoms with Crippen LogP contribution >= 0.6 is 0 Å². The predicted molar refractivity (Wildman–Crippen MR) is 52.7 cm³/mol. The van der Waals surface area contributed by atoms with Crippen LogP contribution in [0, 0.1) is 6.92 Å². The zero-order valence-corrected chi connectivity index (χ0v) is 7.53. The molecule has 2 heteroatoms. The number of hydrogen-bond donors (Lipinski definition) is 0. The number of aryl methyl sites for hydroxylation is 1. The van der Waals surface area contributed by atoms with Crippen LogP contribution in [0.2, 0.25) is 0 Å². The molecule has 0 bridgehead atoms. The number of carbonyl (C=O) groups is 1. The average molecular weight is 173 g/mol. The molecule has 0 saturated heterocycles. The molecule has 2 nitrogen and oxygen atoms in total. The van der Waals surface area contributed by atoms with Gasteiger partial charge in [0.2, 0.25) is 0 Å². The normalized spacial score (nSPS) is 15.5. The molecule has 1 aliphatic rings. The van der Waals surface area contributed by atoms with Gasteiger partial charge in [0.05, 0.1) is 0 Å². The summed E-state index contributed by atoms with van der Waals surface area (Å²) >= 11 is 0. The first-order valence-corrected chi connectivity index (χ1v) is 4.32. The fraction of sp³-hybridized carbons (Fsp3) is 0.182. The first kappa shape index (κ1) is 8.05. The minimum absolute atomic E-state index is 0.0730. The third kappa shape index (κ3) is 1.47. The lowest BCUT2D eigenvalue weighted by atomic mass is 10.2. The minimum Gasteiger partial charge on any atom is -0.305 e. The number of anilines is 1. The molecule has 0 fully saturated rings. The number of benzene rings is 1. The molecule has 0 saturated carbocycles. The van der Waals surface area contributed by atoms with E-state index in [1.165, 1.54) is 5.56 Å². The second kappa shape index (κ2) is 3.05. The van der Waals surface area contributed by atoms with Crippen molar-refractivity contribution in [2.24, 2.45) is 0 Å². The van der Waals surface area contributed by atoms with E-state index in [0.717, 1.165) is 5.69 Å². The maximum absolute atomic E-state index is 11.3. The third-order valence-corrected chi connectivity index (χ3v) is 2.16. The summed E-state index contributed by atoms with van der Waals surface area (Å²) in [7, 11) is 0. The molecule has 1 amide bonds. The van der Waals surface area contributed by atoms with Crippen LogP contribution in [0.4, 0.5) is 5.69 Å². The van der Waals surface area contributed by atoms with E-state index in [4.69, 9.17) is 0 Å². The molecule has 1 aliphatic heterocycles. The lowest BCUT2D eigenvalue weighted by molar-refractivity contribution is -0.113. The fourth-order valence-electron chi connectivity index (χ4n) is 1.40. The van der Waals surface area contributed by atoms with Crippen molar-refractivity contribution in [1.29, 1.82) is 0 Å². The Morgan fingerprint density at radius 1 is 1.23 bits per heavy atom. The van der Waals surface area contributed by atoms with Crippen LogP contribution < -0.4 is 4.90 Å². The highest BCUT2D eigenvalue weighted by atomic mass is 16.2. The van der Waals surface area contributed by atoms with Gasteiger partial charge >= 0.3 is 0 Å². The lowest BCUT2D eigenvalue weighted by Crippen LogP contribution is -2.24. The van der Waals surface area contributed by atoms with Crippen molar-refractivity contribution in [3.63, 3.8) is 0 Å². The van der Waals surface area contributed by atoms with E-state index >= 15 is 0 Å². The van der Waals surface area contributed by atoms with Gasteiger partial charge in [0.25, 0.3) is 5.91 Å². The van der Waals surface area contributed by atoms with Crippen molar-refractivity contribution in [3.8, 4) is 0 Å². The Labute approximate surface area is 77.5 Å². The van der Waals surface area contributed by atoms with Crippen LogP contribution in [-0.2, 0) is 4.79 Å². The third-order valence-electron chi connectivity index (χ3n) is 2.16. The smallest absolute Gasteiger partial charge is 0.251 e. The first-order chi connectivity index (χ1) is 6.27. The Morgan fingerprint density at radius 2 is 1.92 bits per heavy atom. The number of rotatable bonds is 1. The summed E-state index contributed by atoms with van der Waals surface area (Å²) in [6.45, 7) is 2.73. The van der Waals surface area contributed by atoms with Gasteiger partial charge in [-0.3, -0.25) is 4.79 Å². The van der Waals surface area contributed by atoms with Gasteiger partial charge in [0, 0.05) is 18.3 Å². The topological polar surface area (TPSA) is 20.3 Å². The number of nitrogens with zero attached hydrogens (tertiary/aromatic N) is 1. The van der Waals surface area contributed by atoms with Crippen LogP contribution in [0.15, 0.2) is 36.4 Å². The van der Waals surface area contributed by atoms with E-state index in [1.54, 1.807) is 11.0 Å². The molecular formula is C11H11NO. The molecule has 0 radical (unpaired) electrons. The highest BCUT2D eigenvalue weighted by molar-refractivity contribution is 6.04. The van der Waals surface area contributed by atoms with Gasteiger partial charge in [-0.15, -0.1) is 0 Å². The Balaban J connectivity index is 2.26. The molecule has 0 N–H and O–H groups in total. The van der Waals surface area contributed by atoms with Crippen LogP contribution in [0.5, 0.6) is 0 Å². The average Bonchev–Trinajstić information content (AvgIpc) is 2.53. The van der Waals surface area contributed by atoms with Gasteiger partial charge < -0.3 is 4.90 Å². The maximum atomic E-state index is 11.3. The lowest BCUT2D eigenvalue weighted by Gasteiger charge is -2.15. The molecular weight excluding hydrogens is 162 g/mol. The van der Waals surface area contributed by atoms with E-state index in [9.17, 15) is 4.79 Å². The second-order valence-corrected chi connectivity index (χ2v) is 3.19. The monoisotopic (exact) mass is 173 g/mol. The Hall–Kier alpha value is -1.57. The van der Waals surface area contributed by atoms with Crippen LogP contribution in [0.3, 0.4) is 0 Å². The fourth-order valence-corrected chi connectivity index (χ4v) is 1.40. The second-order valence-electron chi connectivity index (χ2n) is 3.19. The SMILES string of the molecule is Cc1ccc(N2CC=CC2=O)cc1. The molecule has 1 aromatic carbocycles. The van der Waals surface area contributed by atoms with Crippen LogP contribution in [0.1, 0.15) is 5.56 Å². The van der Waals surface area contributed by atoms with Gasteiger partial charge in [-0.1, -0.05) is 23.8 Å². The minimum atomic E-state index is 0.0730. The Morgan fingerprint density at radius 3 is 2.46 bits per heavy atom. The van der Waals surface area contributed by atoms with Gasteiger partial charge in [-0.05, 0) is 19.1 Å². The zero-order valence-electron chi connectivity index (χ0n) is 7.53. The summed E-state index contributed by atoms with van der Waals surface area (Å²) in [5, 5.41) is 0. The summed E-state index contributed by atoms with van der Waals surface area (Å²) in [5.41, 5.74) is 2.18. The highest BCUT2D eigenvalue weighted by Gasteiger charge is 2.15. The van der Waals surface area contributed by atoms with Gasteiger partial charge in [0.15, 0.2) is 0 Å². The molecule has 0 aliphatic carbocycles. The molecule has 1 aromatic rings. The summed E-state index contributed by atoms with van der Waals surface area (Å²) in [6.07, 6.45) is 3.49. The van der Waals surface area contributed by atoms with E-state index in [0.29, 0.717) is 6.54 Å². The first-order valence-electron chi connectivity index (χ1n) is 4.32. The molecule has 0 unspecified atom stereocenters. The molecule has 0 spiro atoms. The molecule has 1 heterocycles. The number of amides is 1. The van der Waals surface area contributed by atoms with Gasteiger partial charge in [0.1, 0.15) is 0 Å². The highest BCUT2D eigenvalue weighted by Crippen LogP contribution is 2.17. The van der Waals surface area contributed by atoms with Crippen molar-refractivity contribution >= 4 is 11.6 Å². The number of carbonyl (C=O) groups excluding carboxylic acids is 1. The van der Waals surface area contributed by atoms with Crippen molar-refractivity contribution in [2.45, 2.75) is 6.92 Å². The van der Waals surface area contributed by atoms with Crippen molar-refractivity contribution in [2.75, 3.05) is 11.4 Å². The molecule has 0 atom stereocenters. The van der Waals surface area contributed by atoms with Crippen molar-refractivity contribution < 1.29 is 4.79 Å². The van der Waals surface area contributed by atoms with Crippen LogP contribution in [0.25, 0.3) is 0 Å². The van der Waals surface area contributed by atoms with Gasteiger partial charge in [-0.2, -0.15) is 0 Å². The van der Waals surface area contributed by atoms with Gasteiger partial charge in [-0.25, -0.2) is 0 Å². The molecule has 2 rings (SSSR count). The predicted octanol–water partition coefficient (Wildman–Crippen LogP) is 1.90. The summed E-state index contributed by atoms with van der Waals surface area (Å²) in [4.78, 5) is 13.0. The van der Waals surface area contributed by atoms with E-state index < -0.39 is 0 Å². The summed E-state index contributed by atoms with van der Waals surface area (Å²) in [5.74, 6) is 0.0730. The number of hydrogen-bond acceptors (Lipinski definition) is 1. The summed E-state index contributed by atoms with van der Waals surface area (Å²) < 4.78 is 0. The zero-order chi connectivity index (χ0) is 9.26. The summed E-state index contributed by atoms with van der Waals surface area (Å²) in [6, 6.07) is 7.97. The van der Waals surface area contributed by atoms with Crippen LogP contribution in [-0.4, -0.2) is 12.5 Å². The van der Waals surface area contributed by atoms with E-state index in [2.05, 4.69) is 0 Å². The van der Waals surface area contributed by atoms with Crippen molar-refractivity contribution in [3.05, 3.63) is 42.0 Å². The Bertz CT molecular complexity index is 351. The standard InChI is InChI=1S/C11H11NO/c1-9-4-6-10(7-5-9)12-8-2-3-11(12)13/h2-7H,8H2,1H3.